The molecule has 6 nitrogen and oxygen atoms in total. The summed E-state index contributed by atoms with van der Waals surface area (Å²) >= 11 is 0. The monoisotopic (exact) mass is 408 g/mol. The third-order valence-electron chi connectivity index (χ3n) is 6.21. The summed E-state index contributed by atoms with van der Waals surface area (Å²) in [5.41, 5.74) is 7.39. The highest BCUT2D eigenvalue weighted by atomic mass is 16.4. The fourth-order valence-electron chi connectivity index (χ4n) is 4.97. The minimum atomic E-state index is -1.03. The second kappa shape index (κ2) is 6.15. The van der Waals surface area contributed by atoms with E-state index in [-0.39, 0.29) is 11.8 Å². The van der Waals surface area contributed by atoms with Crippen molar-refractivity contribution in [2.24, 2.45) is 0 Å². The maximum Gasteiger partial charge on any atom is 0.328 e. The molecule has 0 unspecified atom stereocenters. The van der Waals surface area contributed by atoms with Crippen LogP contribution in [0.2, 0.25) is 0 Å². The van der Waals surface area contributed by atoms with E-state index in [0.717, 1.165) is 45.6 Å². The highest BCUT2D eigenvalue weighted by Gasteiger charge is 2.37. The number of aryl methyl sites for hydroxylation is 1. The first kappa shape index (κ1) is 17.7. The molecule has 0 spiro atoms. The zero-order chi connectivity index (χ0) is 21.3. The Kier molecular flexibility index (Phi) is 3.50. The molecule has 0 bridgehead atoms. The van der Waals surface area contributed by atoms with Crippen molar-refractivity contribution < 1.29 is 19.5 Å². The SMILES string of the molecule is O=C(O)C=Cc1ccc2[nH]c3c4c(c5c(c3c2c1)C(=O)NC5=O)CCc1ccccc1-4. The number of carbonyl (C=O) groups excluding carboxylic acids is 2. The molecule has 4 aromatic rings. The van der Waals surface area contributed by atoms with Crippen molar-refractivity contribution in [1.29, 1.82) is 0 Å². The van der Waals surface area contributed by atoms with Crippen LogP contribution in [0.5, 0.6) is 0 Å². The van der Waals surface area contributed by atoms with Crippen LogP contribution in [-0.2, 0) is 17.6 Å². The van der Waals surface area contributed by atoms with Crippen LogP contribution < -0.4 is 5.32 Å². The number of hydrogen-bond donors (Lipinski definition) is 3. The summed E-state index contributed by atoms with van der Waals surface area (Å²) in [7, 11) is 0. The highest BCUT2D eigenvalue weighted by molar-refractivity contribution is 6.32. The van der Waals surface area contributed by atoms with Crippen LogP contribution in [0.4, 0.5) is 0 Å². The van der Waals surface area contributed by atoms with E-state index >= 15 is 0 Å². The summed E-state index contributed by atoms with van der Waals surface area (Å²) in [6.07, 6.45) is 4.09. The third-order valence-corrected chi connectivity index (χ3v) is 6.21. The molecule has 0 atom stereocenters. The van der Waals surface area contributed by atoms with Gasteiger partial charge in [0.15, 0.2) is 0 Å². The van der Waals surface area contributed by atoms with Crippen LogP contribution in [0.25, 0.3) is 39.0 Å². The number of carboxylic acids is 1. The number of amides is 2. The largest absolute Gasteiger partial charge is 0.478 e. The van der Waals surface area contributed by atoms with E-state index in [0.29, 0.717) is 28.5 Å². The lowest BCUT2D eigenvalue weighted by atomic mass is 9.80. The smallest absolute Gasteiger partial charge is 0.328 e. The number of aromatic nitrogens is 1. The van der Waals surface area contributed by atoms with Crippen molar-refractivity contribution in [2.75, 3.05) is 0 Å². The lowest BCUT2D eigenvalue weighted by Gasteiger charge is -2.22. The van der Waals surface area contributed by atoms with Crippen LogP contribution in [-0.4, -0.2) is 27.9 Å². The van der Waals surface area contributed by atoms with Gasteiger partial charge in [-0.05, 0) is 53.3 Å². The molecule has 1 aliphatic carbocycles. The number of carbonyl (C=O) groups is 3. The van der Waals surface area contributed by atoms with Crippen molar-refractivity contribution >= 4 is 45.7 Å². The number of fused-ring (bicyclic) bond motifs is 10. The van der Waals surface area contributed by atoms with Gasteiger partial charge in [0.2, 0.25) is 0 Å². The van der Waals surface area contributed by atoms with E-state index in [9.17, 15) is 14.4 Å². The van der Waals surface area contributed by atoms with Gasteiger partial charge in [0.25, 0.3) is 11.8 Å². The molecule has 6 heteroatoms. The van der Waals surface area contributed by atoms with Crippen LogP contribution in [0.1, 0.15) is 37.4 Å². The van der Waals surface area contributed by atoms with Crippen molar-refractivity contribution in [3.05, 3.63) is 76.4 Å². The van der Waals surface area contributed by atoms with Crippen LogP contribution in [0, 0.1) is 0 Å². The Bertz CT molecular complexity index is 1520. The molecule has 3 N–H and O–H groups in total. The number of aromatic amines is 1. The molecule has 1 aromatic heterocycles. The van der Waals surface area contributed by atoms with Crippen molar-refractivity contribution in [3.63, 3.8) is 0 Å². The van der Waals surface area contributed by atoms with Gasteiger partial charge in [-0.15, -0.1) is 0 Å². The standard InChI is InChI=1S/C25H16N2O4/c28-18(29)10-6-12-5-9-17-16(11-12)20-22-21(24(30)27-25(22)31)15-8-7-13-3-1-2-4-14(13)19(15)23(20)26-17/h1-6,9-11,26H,7-8H2,(H,28,29)(H,27,30,31). The molecule has 0 saturated heterocycles. The Hall–Kier alpha value is -4.19. The van der Waals surface area contributed by atoms with Gasteiger partial charge < -0.3 is 10.1 Å². The first-order valence-electron chi connectivity index (χ1n) is 10.0. The molecule has 2 amide bonds. The van der Waals surface area contributed by atoms with Gasteiger partial charge in [0, 0.05) is 27.9 Å². The average Bonchev–Trinajstić information content (AvgIpc) is 3.28. The van der Waals surface area contributed by atoms with Crippen molar-refractivity contribution in [2.45, 2.75) is 12.8 Å². The molecule has 31 heavy (non-hydrogen) atoms. The van der Waals surface area contributed by atoms with Gasteiger partial charge in [-0.2, -0.15) is 0 Å². The molecule has 0 radical (unpaired) electrons. The first-order valence-corrected chi connectivity index (χ1v) is 10.0. The summed E-state index contributed by atoms with van der Waals surface area (Å²) < 4.78 is 0. The van der Waals surface area contributed by atoms with Gasteiger partial charge in [0.1, 0.15) is 0 Å². The van der Waals surface area contributed by atoms with E-state index in [1.807, 2.05) is 30.3 Å². The summed E-state index contributed by atoms with van der Waals surface area (Å²) in [5, 5.41) is 12.9. The topological polar surface area (TPSA) is 99.3 Å². The van der Waals surface area contributed by atoms with Gasteiger partial charge in [-0.1, -0.05) is 30.3 Å². The minimum absolute atomic E-state index is 0.353. The number of benzene rings is 3. The predicted molar refractivity (Wildman–Crippen MR) is 117 cm³/mol. The van der Waals surface area contributed by atoms with Gasteiger partial charge in [-0.3, -0.25) is 14.9 Å². The number of imide groups is 1. The van der Waals surface area contributed by atoms with E-state index in [1.54, 1.807) is 0 Å². The number of hydrogen-bond acceptors (Lipinski definition) is 3. The number of aliphatic carboxylic acids is 1. The summed E-state index contributed by atoms with van der Waals surface area (Å²) in [6.45, 7) is 0. The summed E-state index contributed by atoms with van der Waals surface area (Å²) in [4.78, 5) is 40.0. The van der Waals surface area contributed by atoms with Gasteiger partial charge in [0.05, 0.1) is 16.6 Å². The van der Waals surface area contributed by atoms with E-state index in [1.165, 1.54) is 11.6 Å². The Morgan fingerprint density at radius 1 is 0.968 bits per heavy atom. The molecule has 2 heterocycles. The Labute approximate surface area is 176 Å². The summed E-state index contributed by atoms with van der Waals surface area (Å²) in [6, 6.07) is 13.7. The molecular formula is C25H16N2O4. The molecule has 6 rings (SSSR count). The second-order valence-electron chi connectivity index (χ2n) is 7.90. The van der Waals surface area contributed by atoms with Crippen LogP contribution in [0.3, 0.4) is 0 Å². The number of H-pyrrole nitrogens is 1. The first-order chi connectivity index (χ1) is 15.0. The lowest BCUT2D eigenvalue weighted by Crippen LogP contribution is -2.20. The van der Waals surface area contributed by atoms with Gasteiger partial charge >= 0.3 is 5.97 Å². The average molecular weight is 408 g/mol. The minimum Gasteiger partial charge on any atom is -0.478 e. The number of rotatable bonds is 2. The number of nitrogens with one attached hydrogen (secondary N) is 2. The van der Waals surface area contributed by atoms with Crippen LogP contribution >= 0.6 is 0 Å². The summed E-state index contributed by atoms with van der Waals surface area (Å²) in [5.74, 6) is -1.77. The van der Waals surface area contributed by atoms with Crippen molar-refractivity contribution in [1.82, 2.24) is 10.3 Å². The third kappa shape index (κ3) is 2.42. The number of carboxylic acid groups (broad SMARTS) is 1. The lowest BCUT2D eigenvalue weighted by molar-refractivity contribution is -0.131. The molecule has 1 aliphatic heterocycles. The zero-order valence-electron chi connectivity index (χ0n) is 16.3. The highest BCUT2D eigenvalue weighted by Crippen LogP contribution is 2.45. The van der Waals surface area contributed by atoms with Crippen LogP contribution in [0.15, 0.2) is 48.5 Å². The fourth-order valence-corrected chi connectivity index (χ4v) is 4.97. The maximum absolute atomic E-state index is 12.8. The molecule has 0 fully saturated rings. The zero-order valence-corrected chi connectivity index (χ0v) is 16.3. The molecular weight excluding hydrogens is 392 g/mol. The van der Waals surface area contributed by atoms with Gasteiger partial charge in [-0.25, -0.2) is 4.79 Å². The molecule has 150 valence electrons. The quantitative estimate of drug-likeness (QED) is 0.344. The van der Waals surface area contributed by atoms with E-state index in [2.05, 4.69) is 22.4 Å². The Morgan fingerprint density at radius 2 is 1.77 bits per heavy atom. The van der Waals surface area contributed by atoms with Crippen molar-refractivity contribution in [3.8, 4) is 11.1 Å². The van der Waals surface area contributed by atoms with E-state index < -0.39 is 5.97 Å². The normalized spacial score (nSPS) is 14.7. The predicted octanol–water partition coefficient (Wildman–Crippen LogP) is 4.07. The maximum atomic E-state index is 12.8. The van der Waals surface area contributed by atoms with E-state index in [4.69, 9.17) is 5.11 Å². The Morgan fingerprint density at radius 3 is 2.61 bits per heavy atom. The fraction of sp³-hybridized carbons (Fsp3) is 0.0800. The Balaban J connectivity index is 1.78. The molecule has 0 saturated carbocycles. The molecule has 3 aromatic carbocycles. The molecule has 2 aliphatic rings. The second-order valence-corrected chi connectivity index (χ2v) is 7.90.